The number of rotatable bonds is 6. The third-order valence-corrected chi connectivity index (χ3v) is 2.92. The molecule has 1 N–H and O–H groups in total. The van der Waals surface area contributed by atoms with Gasteiger partial charge in [0.1, 0.15) is 0 Å². The van der Waals surface area contributed by atoms with Crippen LogP contribution in [0.4, 0.5) is 0 Å². The molecule has 0 amide bonds. The van der Waals surface area contributed by atoms with Crippen LogP contribution in [0.3, 0.4) is 0 Å². The second-order valence-electron chi connectivity index (χ2n) is 4.20. The summed E-state index contributed by atoms with van der Waals surface area (Å²) < 4.78 is 1.95. The van der Waals surface area contributed by atoms with E-state index in [9.17, 15) is 4.79 Å². The molecule has 0 saturated carbocycles. The Labute approximate surface area is 96.3 Å². The molecule has 1 aromatic rings. The van der Waals surface area contributed by atoms with Crippen LogP contribution in [0.15, 0.2) is 12.3 Å². The van der Waals surface area contributed by atoms with E-state index in [0.717, 1.165) is 18.5 Å². The van der Waals surface area contributed by atoms with Crippen molar-refractivity contribution in [3.05, 3.63) is 18.0 Å². The fraction of sp³-hybridized carbons (Fsp3) is 0.667. The molecule has 1 aromatic heterocycles. The number of aromatic nitrogens is 2. The summed E-state index contributed by atoms with van der Waals surface area (Å²) >= 11 is 0. The predicted molar refractivity (Wildman–Crippen MR) is 62.3 cm³/mol. The summed E-state index contributed by atoms with van der Waals surface area (Å²) in [5.41, 5.74) is 0.863. The van der Waals surface area contributed by atoms with Crippen LogP contribution in [-0.2, 0) is 11.2 Å². The van der Waals surface area contributed by atoms with E-state index in [1.165, 1.54) is 0 Å². The first kappa shape index (κ1) is 12.7. The Morgan fingerprint density at radius 1 is 1.50 bits per heavy atom. The summed E-state index contributed by atoms with van der Waals surface area (Å²) in [7, 11) is 0. The number of hydrogen-bond donors (Lipinski definition) is 1. The minimum absolute atomic E-state index is 0.370. The third kappa shape index (κ3) is 3.08. The van der Waals surface area contributed by atoms with E-state index in [-0.39, 0.29) is 5.92 Å². The lowest BCUT2D eigenvalue weighted by atomic mass is 10.1. The van der Waals surface area contributed by atoms with Crippen molar-refractivity contribution < 1.29 is 9.90 Å². The van der Waals surface area contributed by atoms with Gasteiger partial charge < -0.3 is 5.11 Å². The number of hydrogen-bond acceptors (Lipinski definition) is 2. The summed E-state index contributed by atoms with van der Waals surface area (Å²) in [6, 6.07) is 2.34. The Kier molecular flexibility index (Phi) is 4.52. The quantitative estimate of drug-likeness (QED) is 0.807. The molecule has 4 heteroatoms. The number of carbonyl (C=O) groups is 1. The first-order valence-corrected chi connectivity index (χ1v) is 5.85. The molecule has 90 valence electrons. The maximum Gasteiger partial charge on any atom is 0.306 e. The molecule has 0 saturated heterocycles. The summed E-state index contributed by atoms with van der Waals surface area (Å²) in [5, 5.41) is 13.2. The van der Waals surface area contributed by atoms with Gasteiger partial charge in [-0.2, -0.15) is 5.10 Å². The highest BCUT2D eigenvalue weighted by Crippen LogP contribution is 2.15. The van der Waals surface area contributed by atoms with E-state index < -0.39 is 5.97 Å². The normalized spacial score (nSPS) is 13.0. The summed E-state index contributed by atoms with van der Waals surface area (Å²) in [6.07, 6.45) is 4.54. The highest BCUT2D eigenvalue weighted by atomic mass is 16.4. The summed E-state index contributed by atoms with van der Waals surface area (Å²) in [5.74, 6) is -1.14. The minimum Gasteiger partial charge on any atom is -0.481 e. The predicted octanol–water partition coefficient (Wildman–Crippen LogP) is 2.51. The smallest absolute Gasteiger partial charge is 0.306 e. The van der Waals surface area contributed by atoms with Crippen molar-refractivity contribution in [2.24, 2.45) is 5.92 Å². The van der Waals surface area contributed by atoms with Crippen molar-refractivity contribution in [1.82, 2.24) is 9.78 Å². The van der Waals surface area contributed by atoms with Crippen LogP contribution in [0.1, 0.15) is 45.3 Å². The third-order valence-electron chi connectivity index (χ3n) is 2.92. The van der Waals surface area contributed by atoms with Crippen molar-refractivity contribution in [3.63, 3.8) is 0 Å². The van der Waals surface area contributed by atoms with Gasteiger partial charge in [-0.25, -0.2) is 0 Å². The Balaban J connectivity index is 2.67. The second-order valence-corrected chi connectivity index (χ2v) is 4.20. The van der Waals surface area contributed by atoms with Crippen LogP contribution in [0.2, 0.25) is 0 Å². The van der Waals surface area contributed by atoms with Crippen LogP contribution in [0.25, 0.3) is 0 Å². The van der Waals surface area contributed by atoms with Crippen LogP contribution in [0.5, 0.6) is 0 Å². The van der Waals surface area contributed by atoms with Crippen LogP contribution < -0.4 is 0 Å². The molecule has 0 aliphatic carbocycles. The highest BCUT2D eigenvalue weighted by molar-refractivity contribution is 5.69. The van der Waals surface area contributed by atoms with Gasteiger partial charge in [-0.15, -0.1) is 0 Å². The molecule has 16 heavy (non-hydrogen) atoms. The topological polar surface area (TPSA) is 55.1 Å². The molecular weight excluding hydrogens is 204 g/mol. The van der Waals surface area contributed by atoms with Gasteiger partial charge in [0.15, 0.2) is 0 Å². The first-order valence-electron chi connectivity index (χ1n) is 5.85. The maximum absolute atomic E-state index is 10.7. The fourth-order valence-corrected chi connectivity index (χ4v) is 1.75. The van der Waals surface area contributed by atoms with Gasteiger partial charge in [-0.3, -0.25) is 9.48 Å². The molecule has 1 rings (SSSR count). The van der Waals surface area contributed by atoms with Crippen LogP contribution in [0, 0.1) is 5.92 Å². The molecule has 0 fully saturated rings. The lowest BCUT2D eigenvalue weighted by molar-refractivity contribution is -0.141. The molecule has 0 bridgehead atoms. The zero-order chi connectivity index (χ0) is 12.1. The summed E-state index contributed by atoms with van der Waals surface area (Å²) in [6.45, 7) is 5.98. The van der Waals surface area contributed by atoms with Crippen molar-refractivity contribution >= 4 is 5.97 Å². The molecule has 0 aliphatic heterocycles. The monoisotopic (exact) mass is 224 g/mol. The van der Waals surface area contributed by atoms with E-state index in [2.05, 4.69) is 18.9 Å². The van der Waals surface area contributed by atoms with Crippen LogP contribution >= 0.6 is 0 Å². The number of carboxylic acids is 1. The van der Waals surface area contributed by atoms with Gasteiger partial charge in [0, 0.05) is 12.6 Å². The van der Waals surface area contributed by atoms with E-state index >= 15 is 0 Å². The van der Waals surface area contributed by atoms with Gasteiger partial charge in [0.05, 0.1) is 17.7 Å². The van der Waals surface area contributed by atoms with E-state index in [1.807, 2.05) is 16.9 Å². The van der Waals surface area contributed by atoms with Crippen LogP contribution in [-0.4, -0.2) is 20.9 Å². The van der Waals surface area contributed by atoms with Gasteiger partial charge in [0.25, 0.3) is 0 Å². The van der Waals surface area contributed by atoms with Gasteiger partial charge in [-0.1, -0.05) is 20.8 Å². The number of carboxylic acid groups (broad SMARTS) is 1. The zero-order valence-electron chi connectivity index (χ0n) is 10.2. The lowest BCUT2D eigenvalue weighted by Gasteiger charge is -2.12. The highest BCUT2D eigenvalue weighted by Gasteiger charge is 2.14. The van der Waals surface area contributed by atoms with Gasteiger partial charge in [-0.05, 0) is 18.9 Å². The average molecular weight is 224 g/mol. The zero-order valence-corrected chi connectivity index (χ0v) is 10.2. The number of nitrogens with zero attached hydrogens (tertiary/aromatic N) is 2. The van der Waals surface area contributed by atoms with Crippen molar-refractivity contribution in [1.29, 1.82) is 0 Å². The van der Waals surface area contributed by atoms with E-state index in [0.29, 0.717) is 12.5 Å². The molecule has 1 heterocycles. The van der Waals surface area contributed by atoms with Crippen molar-refractivity contribution in [3.8, 4) is 0 Å². The van der Waals surface area contributed by atoms with Gasteiger partial charge >= 0.3 is 5.97 Å². The maximum atomic E-state index is 10.7. The standard InChI is InChI=1S/C12H20N2O2/c1-4-11(5-2)14-7-6-10(13-14)8-9(3)12(15)16/h6-7,9,11H,4-5,8H2,1-3H3,(H,15,16). The molecule has 0 aromatic carbocycles. The Morgan fingerprint density at radius 2 is 2.12 bits per heavy atom. The molecule has 1 atom stereocenters. The number of aliphatic carboxylic acids is 1. The second kappa shape index (κ2) is 5.68. The molecule has 1 unspecified atom stereocenters. The summed E-state index contributed by atoms with van der Waals surface area (Å²) in [4.78, 5) is 10.7. The molecular formula is C12H20N2O2. The van der Waals surface area contributed by atoms with Crippen molar-refractivity contribution in [2.75, 3.05) is 0 Å². The average Bonchev–Trinajstić information content (AvgIpc) is 2.68. The molecule has 0 aliphatic rings. The molecule has 0 radical (unpaired) electrons. The largest absolute Gasteiger partial charge is 0.481 e. The Morgan fingerprint density at radius 3 is 2.62 bits per heavy atom. The lowest BCUT2D eigenvalue weighted by Crippen LogP contribution is -2.13. The minimum atomic E-state index is -0.767. The fourth-order valence-electron chi connectivity index (χ4n) is 1.75. The van der Waals surface area contributed by atoms with Crippen molar-refractivity contribution in [2.45, 2.75) is 46.1 Å². The Bertz CT molecular complexity index is 343. The molecule has 0 spiro atoms. The SMILES string of the molecule is CCC(CC)n1ccc(CC(C)C(=O)O)n1. The molecule has 4 nitrogen and oxygen atoms in total. The van der Waals surface area contributed by atoms with Gasteiger partial charge in [0.2, 0.25) is 0 Å². The van der Waals surface area contributed by atoms with E-state index in [1.54, 1.807) is 6.92 Å². The first-order chi connectivity index (χ1) is 7.58. The van der Waals surface area contributed by atoms with E-state index in [4.69, 9.17) is 5.11 Å². The Hall–Kier alpha value is -1.32.